The number of carbonyl (C=O) groups excluding carboxylic acids is 1. The number of hydrogen-bond donors (Lipinski definition) is 2. The average Bonchev–Trinajstić information content (AvgIpc) is 3.13. The molecule has 1 aromatic heterocycles. The van der Waals surface area contributed by atoms with Crippen molar-refractivity contribution >= 4 is 22.4 Å². The minimum absolute atomic E-state index is 0.0146. The molecule has 4 rings (SSSR count). The Kier molecular flexibility index (Phi) is 6.89. The van der Waals surface area contributed by atoms with E-state index < -0.39 is 0 Å². The van der Waals surface area contributed by atoms with Gasteiger partial charge in [0.2, 0.25) is 0 Å². The Morgan fingerprint density at radius 3 is 2.62 bits per heavy atom. The highest BCUT2D eigenvalue weighted by Crippen LogP contribution is 2.34. The lowest BCUT2D eigenvalue weighted by atomic mass is 9.78. The summed E-state index contributed by atoms with van der Waals surface area (Å²) in [6.45, 7) is 4.78. The number of nitrogens with zero attached hydrogens (tertiary/aromatic N) is 1. The van der Waals surface area contributed by atoms with Crippen LogP contribution in [-0.4, -0.2) is 28.1 Å². The normalized spacial score (nSPS) is 19.6. The van der Waals surface area contributed by atoms with Crippen molar-refractivity contribution in [3.8, 4) is 0 Å². The highest BCUT2D eigenvalue weighted by molar-refractivity contribution is 6.24. The van der Waals surface area contributed by atoms with E-state index in [0.717, 1.165) is 41.7 Å². The number of aromatic amines is 1. The average molecular weight is 429 g/mol. The van der Waals surface area contributed by atoms with E-state index in [2.05, 4.69) is 49.2 Å². The van der Waals surface area contributed by atoms with Crippen molar-refractivity contribution in [3.63, 3.8) is 0 Å². The molecule has 1 saturated carbocycles. The first kappa shape index (κ1) is 22.1. The van der Waals surface area contributed by atoms with Crippen LogP contribution in [0.15, 0.2) is 70.9 Å². The second-order valence-electron chi connectivity index (χ2n) is 8.72. The number of rotatable bonds is 7. The molecular formula is C28H32N2O2. The van der Waals surface area contributed by atoms with E-state index in [-0.39, 0.29) is 17.5 Å². The van der Waals surface area contributed by atoms with Gasteiger partial charge in [-0.3, -0.25) is 9.79 Å². The minimum atomic E-state index is 0.0146. The SMILES string of the molecule is CCCCC(O)=C1C(=O)C[C@@H](c2ccccc2)CC1=NCCc1c(C)[nH]c2ccccc12. The van der Waals surface area contributed by atoms with Crippen molar-refractivity contribution in [1.82, 2.24) is 4.98 Å². The zero-order valence-corrected chi connectivity index (χ0v) is 19.0. The number of H-pyrrole nitrogens is 1. The smallest absolute Gasteiger partial charge is 0.168 e. The van der Waals surface area contributed by atoms with E-state index >= 15 is 0 Å². The first-order chi connectivity index (χ1) is 15.6. The number of fused-ring (bicyclic) bond motifs is 1. The first-order valence-electron chi connectivity index (χ1n) is 11.7. The van der Waals surface area contributed by atoms with Crippen LogP contribution < -0.4 is 0 Å². The molecule has 2 N–H and O–H groups in total. The van der Waals surface area contributed by atoms with Gasteiger partial charge >= 0.3 is 0 Å². The molecule has 1 heterocycles. The lowest BCUT2D eigenvalue weighted by molar-refractivity contribution is -0.116. The second kappa shape index (κ2) is 9.99. The van der Waals surface area contributed by atoms with Gasteiger partial charge in [0.25, 0.3) is 0 Å². The maximum atomic E-state index is 13.1. The Labute approximate surface area is 190 Å². The van der Waals surface area contributed by atoms with Crippen LogP contribution in [0.3, 0.4) is 0 Å². The third-order valence-corrected chi connectivity index (χ3v) is 6.46. The number of ketones is 1. The van der Waals surface area contributed by atoms with Crippen LogP contribution in [0.25, 0.3) is 10.9 Å². The maximum Gasteiger partial charge on any atom is 0.168 e. The highest BCUT2D eigenvalue weighted by Gasteiger charge is 2.32. The number of aryl methyl sites for hydroxylation is 1. The van der Waals surface area contributed by atoms with Crippen LogP contribution in [0.4, 0.5) is 0 Å². The molecule has 0 spiro atoms. The number of aliphatic hydroxyl groups excluding tert-OH is 1. The molecule has 2 aromatic carbocycles. The Hall–Kier alpha value is -3.14. The van der Waals surface area contributed by atoms with Crippen molar-refractivity contribution in [2.75, 3.05) is 6.54 Å². The number of para-hydroxylation sites is 1. The van der Waals surface area contributed by atoms with Gasteiger partial charge in [-0.25, -0.2) is 0 Å². The molecule has 166 valence electrons. The first-order valence-corrected chi connectivity index (χ1v) is 11.7. The Balaban J connectivity index is 1.61. The van der Waals surface area contributed by atoms with Crippen LogP contribution in [0.1, 0.15) is 61.8 Å². The second-order valence-corrected chi connectivity index (χ2v) is 8.72. The van der Waals surface area contributed by atoms with E-state index in [4.69, 9.17) is 4.99 Å². The van der Waals surface area contributed by atoms with Gasteiger partial charge in [-0.1, -0.05) is 61.9 Å². The van der Waals surface area contributed by atoms with Crippen LogP contribution >= 0.6 is 0 Å². The maximum absolute atomic E-state index is 13.1. The predicted molar refractivity (Wildman–Crippen MR) is 132 cm³/mol. The summed E-state index contributed by atoms with van der Waals surface area (Å²) < 4.78 is 0. The summed E-state index contributed by atoms with van der Waals surface area (Å²) in [4.78, 5) is 21.5. The molecule has 1 atom stereocenters. The quantitative estimate of drug-likeness (QED) is 0.328. The van der Waals surface area contributed by atoms with Crippen LogP contribution in [-0.2, 0) is 11.2 Å². The van der Waals surface area contributed by atoms with Crippen molar-refractivity contribution in [1.29, 1.82) is 0 Å². The number of aliphatic imine (C=N–C) groups is 1. The number of allylic oxidation sites excluding steroid dienone is 2. The topological polar surface area (TPSA) is 65.4 Å². The van der Waals surface area contributed by atoms with Crippen molar-refractivity contribution in [2.45, 2.75) is 58.3 Å². The molecule has 0 radical (unpaired) electrons. The Bertz CT molecular complexity index is 1150. The fourth-order valence-electron chi connectivity index (χ4n) is 4.76. The standard InChI is InChI=1S/C28H32N2O2/c1-3-4-14-26(31)28-25(17-21(18-27(28)32)20-10-6-5-7-11-20)29-16-15-22-19(2)30-24-13-9-8-12-23(22)24/h5-13,21,30-31H,3-4,14-18H2,1-2H3/t21-/m0/s1. The van der Waals surface area contributed by atoms with Crippen molar-refractivity contribution in [2.24, 2.45) is 4.99 Å². The molecule has 0 amide bonds. The summed E-state index contributed by atoms with van der Waals surface area (Å²) in [5.41, 5.74) is 5.97. The van der Waals surface area contributed by atoms with Gasteiger partial charge in [0.15, 0.2) is 5.78 Å². The fraction of sp³-hybridized carbons (Fsp3) is 0.357. The lowest BCUT2D eigenvalue weighted by Crippen LogP contribution is -2.27. The Morgan fingerprint density at radius 1 is 1.09 bits per heavy atom. The third-order valence-electron chi connectivity index (χ3n) is 6.46. The third kappa shape index (κ3) is 4.69. The molecular weight excluding hydrogens is 396 g/mol. The minimum Gasteiger partial charge on any atom is -0.511 e. The van der Waals surface area contributed by atoms with E-state index in [1.165, 1.54) is 10.9 Å². The number of aliphatic hydroxyl groups is 1. The number of carbonyl (C=O) groups is 1. The highest BCUT2D eigenvalue weighted by atomic mass is 16.3. The number of nitrogens with one attached hydrogen (secondary N) is 1. The van der Waals surface area contributed by atoms with Gasteiger partial charge in [0.1, 0.15) is 5.76 Å². The Morgan fingerprint density at radius 2 is 1.84 bits per heavy atom. The van der Waals surface area contributed by atoms with Gasteiger partial charge < -0.3 is 10.1 Å². The molecule has 4 nitrogen and oxygen atoms in total. The van der Waals surface area contributed by atoms with Gasteiger partial charge in [0, 0.05) is 41.7 Å². The van der Waals surface area contributed by atoms with Crippen LogP contribution in [0.2, 0.25) is 0 Å². The zero-order valence-electron chi connectivity index (χ0n) is 19.0. The van der Waals surface area contributed by atoms with Crippen LogP contribution in [0.5, 0.6) is 0 Å². The van der Waals surface area contributed by atoms with Crippen molar-refractivity contribution < 1.29 is 9.90 Å². The summed E-state index contributed by atoms with van der Waals surface area (Å²) in [7, 11) is 0. The summed E-state index contributed by atoms with van der Waals surface area (Å²) in [5.74, 6) is 0.339. The van der Waals surface area contributed by atoms with Gasteiger partial charge in [-0.15, -0.1) is 0 Å². The summed E-state index contributed by atoms with van der Waals surface area (Å²) in [5, 5.41) is 12.0. The molecule has 32 heavy (non-hydrogen) atoms. The predicted octanol–water partition coefficient (Wildman–Crippen LogP) is 6.61. The lowest BCUT2D eigenvalue weighted by Gasteiger charge is -2.26. The molecule has 4 heteroatoms. The summed E-state index contributed by atoms with van der Waals surface area (Å²) in [6.07, 6.45) is 4.29. The van der Waals surface area contributed by atoms with Crippen molar-refractivity contribution in [3.05, 3.63) is 82.8 Å². The monoisotopic (exact) mass is 428 g/mol. The fourth-order valence-corrected chi connectivity index (χ4v) is 4.76. The number of Topliss-reactive ketones (excluding diaryl/α,β-unsaturated/α-hetero) is 1. The van der Waals surface area contributed by atoms with Crippen LogP contribution in [0, 0.1) is 6.92 Å². The molecule has 0 bridgehead atoms. The number of aromatic nitrogens is 1. The van der Waals surface area contributed by atoms with E-state index in [0.29, 0.717) is 31.4 Å². The molecule has 0 aliphatic heterocycles. The van der Waals surface area contributed by atoms with Gasteiger partial charge in [-0.05, 0) is 49.3 Å². The van der Waals surface area contributed by atoms with E-state index in [1.54, 1.807) is 0 Å². The molecule has 0 saturated heterocycles. The number of unbranched alkanes of at least 4 members (excludes halogenated alkanes) is 1. The zero-order chi connectivity index (χ0) is 22.5. The summed E-state index contributed by atoms with van der Waals surface area (Å²) >= 11 is 0. The molecule has 1 aliphatic rings. The molecule has 1 aliphatic carbocycles. The summed E-state index contributed by atoms with van der Waals surface area (Å²) in [6, 6.07) is 18.5. The largest absolute Gasteiger partial charge is 0.511 e. The van der Waals surface area contributed by atoms with Gasteiger partial charge in [-0.2, -0.15) is 0 Å². The van der Waals surface area contributed by atoms with E-state index in [9.17, 15) is 9.90 Å². The molecule has 3 aromatic rings. The molecule has 1 fully saturated rings. The number of hydrogen-bond acceptors (Lipinski definition) is 3. The molecule has 0 unspecified atom stereocenters. The van der Waals surface area contributed by atoms with Gasteiger partial charge in [0.05, 0.1) is 5.57 Å². The van der Waals surface area contributed by atoms with E-state index in [1.807, 2.05) is 24.3 Å². The number of benzene rings is 2.